The van der Waals surface area contributed by atoms with Crippen LogP contribution in [0.15, 0.2) is 41.0 Å². The number of fused-ring (bicyclic) bond motifs is 1. The van der Waals surface area contributed by atoms with Gasteiger partial charge in [-0.15, -0.1) is 0 Å². The molecule has 1 fully saturated rings. The number of aromatic nitrogens is 4. The van der Waals surface area contributed by atoms with Gasteiger partial charge < -0.3 is 25.2 Å². The van der Waals surface area contributed by atoms with Crippen molar-refractivity contribution in [3.05, 3.63) is 51.5 Å². The molecule has 2 aromatic carbocycles. The van der Waals surface area contributed by atoms with Crippen LogP contribution in [0.4, 0.5) is 21.6 Å². The molecule has 0 bridgehead atoms. The maximum absolute atomic E-state index is 13.7. The molecule has 1 aliphatic rings. The Balaban J connectivity index is 1.36. The molecule has 1 saturated heterocycles. The summed E-state index contributed by atoms with van der Waals surface area (Å²) in [5.41, 5.74) is 1.48. The average Bonchev–Trinajstić information content (AvgIpc) is 3.36. The number of rotatable bonds is 14. The molecule has 5 rings (SSSR count). The quantitative estimate of drug-likeness (QED) is 0.0877. The smallest absolute Gasteiger partial charge is 0.304 e. The van der Waals surface area contributed by atoms with Gasteiger partial charge in [0.05, 0.1) is 42.5 Å². The molecule has 12 nitrogen and oxygen atoms in total. The lowest BCUT2D eigenvalue weighted by atomic mass is 10.1. The van der Waals surface area contributed by atoms with Crippen molar-refractivity contribution in [2.75, 3.05) is 55.8 Å². The normalized spacial score (nSPS) is 13.6. The van der Waals surface area contributed by atoms with Crippen LogP contribution in [-0.4, -0.2) is 86.8 Å². The zero-order valence-corrected chi connectivity index (χ0v) is 27.0. The fourth-order valence-corrected chi connectivity index (χ4v) is 6.91. The first-order valence-electron chi connectivity index (χ1n) is 13.9. The summed E-state index contributed by atoms with van der Waals surface area (Å²) >= 11 is 13.8. The van der Waals surface area contributed by atoms with E-state index in [4.69, 9.17) is 38.4 Å². The van der Waals surface area contributed by atoms with Gasteiger partial charge in [0.15, 0.2) is 8.29 Å². The number of ether oxygens (including phenoxy) is 2. The third-order valence-corrected chi connectivity index (χ3v) is 9.33. The number of carboxylic acids is 1. The topological polar surface area (TPSA) is 144 Å². The number of benzene rings is 2. The Morgan fingerprint density at radius 2 is 2.04 bits per heavy atom. The molecular weight excluding hydrogens is 665 g/mol. The molecule has 0 saturated carbocycles. The molecule has 2 aromatic heterocycles. The third kappa shape index (κ3) is 9.31. The van der Waals surface area contributed by atoms with Crippen LogP contribution in [0, 0.1) is 9.77 Å². The van der Waals surface area contributed by atoms with Crippen molar-refractivity contribution in [3.63, 3.8) is 0 Å². The number of hydrogen-bond acceptors (Lipinski definition) is 12. The summed E-state index contributed by atoms with van der Waals surface area (Å²) in [7, 11) is 0. The number of halogens is 2. The first kappa shape index (κ1) is 33.0. The van der Waals surface area contributed by atoms with Gasteiger partial charge in [-0.3, -0.25) is 14.5 Å². The Kier molecular flexibility index (Phi) is 11.5. The number of thioether (sulfide) groups is 1. The molecule has 0 unspecified atom stereocenters. The van der Waals surface area contributed by atoms with E-state index in [9.17, 15) is 14.0 Å². The van der Waals surface area contributed by atoms with Crippen molar-refractivity contribution in [2.45, 2.75) is 23.7 Å². The molecule has 1 aliphatic heterocycles. The van der Waals surface area contributed by atoms with Crippen LogP contribution < -0.4 is 15.4 Å². The highest BCUT2D eigenvalue weighted by Gasteiger charge is 2.17. The number of carbonyl (C=O) groups is 2. The lowest BCUT2D eigenvalue weighted by Crippen LogP contribution is -2.37. The molecule has 0 atom stereocenters. The molecule has 4 aromatic rings. The maximum atomic E-state index is 13.7. The van der Waals surface area contributed by atoms with E-state index in [0.717, 1.165) is 26.1 Å². The van der Waals surface area contributed by atoms with E-state index in [1.807, 2.05) is 0 Å². The highest BCUT2D eigenvalue weighted by atomic mass is 35.5. The molecule has 17 heteroatoms. The molecule has 0 radical (unpaired) electrons. The summed E-state index contributed by atoms with van der Waals surface area (Å²) in [6, 6.07) is 7.68. The van der Waals surface area contributed by atoms with Crippen molar-refractivity contribution in [1.82, 2.24) is 24.6 Å². The lowest BCUT2D eigenvalue weighted by molar-refractivity contribution is -0.136. The van der Waals surface area contributed by atoms with Gasteiger partial charge in [0, 0.05) is 42.5 Å². The number of morpholine rings is 1. The molecule has 1 amide bonds. The first-order valence-corrected chi connectivity index (χ1v) is 16.5. The Morgan fingerprint density at radius 1 is 1.22 bits per heavy atom. The predicted molar refractivity (Wildman–Crippen MR) is 174 cm³/mol. The number of anilines is 3. The van der Waals surface area contributed by atoms with Gasteiger partial charge in [0.1, 0.15) is 30.3 Å². The van der Waals surface area contributed by atoms with E-state index in [2.05, 4.69) is 30.6 Å². The van der Waals surface area contributed by atoms with E-state index >= 15 is 0 Å². The SMILES string of the molecule is O=C(O)CCSc1nn(CC(=O)Nc2cc3c(Nc4ccc(F)c(Cl)c4)ncnc3cc2OCCCN2CCOCC2)c(=S)s1. The largest absolute Gasteiger partial charge is 0.491 e. The minimum atomic E-state index is -0.898. The number of nitrogens with zero attached hydrogens (tertiary/aromatic N) is 5. The minimum absolute atomic E-state index is 0.0105. The summed E-state index contributed by atoms with van der Waals surface area (Å²) in [4.78, 5) is 35.1. The van der Waals surface area contributed by atoms with Crippen molar-refractivity contribution >= 4 is 86.9 Å². The van der Waals surface area contributed by atoms with Crippen LogP contribution in [0.25, 0.3) is 10.9 Å². The van der Waals surface area contributed by atoms with Crippen LogP contribution in [0.5, 0.6) is 5.75 Å². The second-order valence-electron chi connectivity index (χ2n) is 9.83. The fourth-order valence-electron chi connectivity index (χ4n) is 4.40. The van der Waals surface area contributed by atoms with Gasteiger partial charge in [0.2, 0.25) is 5.91 Å². The zero-order valence-electron chi connectivity index (χ0n) is 23.8. The Hall–Kier alpha value is -3.41. The van der Waals surface area contributed by atoms with Crippen molar-refractivity contribution < 1.29 is 28.6 Å². The molecule has 3 heterocycles. The van der Waals surface area contributed by atoms with Crippen LogP contribution in [-0.2, 0) is 20.9 Å². The van der Waals surface area contributed by atoms with E-state index in [-0.39, 0.29) is 18.0 Å². The van der Waals surface area contributed by atoms with Gasteiger partial charge in [-0.25, -0.2) is 19.0 Å². The molecule has 3 N–H and O–H groups in total. The van der Waals surface area contributed by atoms with Crippen molar-refractivity contribution in [2.24, 2.45) is 0 Å². The highest BCUT2D eigenvalue weighted by Crippen LogP contribution is 2.34. The summed E-state index contributed by atoms with van der Waals surface area (Å²) in [6.07, 6.45) is 2.15. The van der Waals surface area contributed by atoms with Gasteiger partial charge in [-0.1, -0.05) is 34.7 Å². The maximum Gasteiger partial charge on any atom is 0.304 e. The summed E-state index contributed by atoms with van der Waals surface area (Å²) < 4.78 is 27.7. The Labute approximate surface area is 275 Å². The van der Waals surface area contributed by atoms with E-state index in [1.54, 1.807) is 12.1 Å². The van der Waals surface area contributed by atoms with E-state index in [0.29, 0.717) is 67.7 Å². The van der Waals surface area contributed by atoms with Crippen molar-refractivity contribution in [1.29, 1.82) is 0 Å². The van der Waals surface area contributed by atoms with Gasteiger partial charge in [-0.2, -0.15) is 5.10 Å². The number of carbonyl (C=O) groups excluding carboxylic acids is 1. The van der Waals surface area contributed by atoms with Crippen LogP contribution >= 0.6 is 46.9 Å². The average molecular weight is 694 g/mol. The first-order chi connectivity index (χ1) is 21.7. The molecule has 45 heavy (non-hydrogen) atoms. The minimum Gasteiger partial charge on any atom is -0.491 e. The third-order valence-electron chi connectivity index (χ3n) is 6.60. The molecule has 0 aliphatic carbocycles. The molecular formula is C28H29ClFN7O5S3. The van der Waals surface area contributed by atoms with Gasteiger partial charge in [-0.05, 0) is 42.9 Å². The Bertz CT molecular complexity index is 1730. The van der Waals surface area contributed by atoms with Crippen LogP contribution in [0.2, 0.25) is 5.02 Å². The Morgan fingerprint density at radius 3 is 2.82 bits per heavy atom. The summed E-state index contributed by atoms with van der Waals surface area (Å²) in [5, 5.41) is 19.8. The zero-order chi connectivity index (χ0) is 31.8. The van der Waals surface area contributed by atoms with E-state index in [1.165, 1.54) is 52.3 Å². The summed E-state index contributed by atoms with van der Waals surface area (Å²) in [6.45, 7) is 4.28. The second kappa shape index (κ2) is 15.7. The number of aliphatic carboxylic acids is 1. The number of hydrogen-bond donors (Lipinski definition) is 3. The number of nitrogens with one attached hydrogen (secondary N) is 2. The number of amides is 1. The molecule has 0 spiro atoms. The lowest BCUT2D eigenvalue weighted by Gasteiger charge is -2.26. The number of carboxylic acid groups (broad SMARTS) is 1. The molecule has 238 valence electrons. The highest BCUT2D eigenvalue weighted by molar-refractivity contribution is 8.01. The monoisotopic (exact) mass is 693 g/mol. The van der Waals surface area contributed by atoms with Crippen LogP contribution in [0.3, 0.4) is 0 Å². The standard InChI is InChI=1S/C28H29ClFN7O5S3/c29-19-12-17(2-3-20(19)30)33-26-18-13-22(34-24(38)15-37-28(43)45-27(35-37)44-11-4-25(39)40)23(14-21(18)31-16-32-26)42-8-1-5-36-6-9-41-10-7-36/h2-3,12-14,16H,1,4-11,15H2,(H,34,38)(H,39,40)(H,31,32,33). The fraction of sp³-hybridized carbons (Fsp3) is 0.357. The predicted octanol–water partition coefficient (Wildman–Crippen LogP) is 5.46. The summed E-state index contributed by atoms with van der Waals surface area (Å²) in [5.74, 6) is -0.644. The van der Waals surface area contributed by atoms with Crippen LogP contribution in [0.1, 0.15) is 12.8 Å². The van der Waals surface area contributed by atoms with Gasteiger partial charge in [0.25, 0.3) is 0 Å². The van der Waals surface area contributed by atoms with E-state index < -0.39 is 17.7 Å². The second-order valence-corrected chi connectivity index (χ2v) is 13.2. The van der Waals surface area contributed by atoms with Gasteiger partial charge >= 0.3 is 5.97 Å². The van der Waals surface area contributed by atoms with Crippen molar-refractivity contribution in [3.8, 4) is 5.75 Å².